The Morgan fingerprint density at radius 1 is 0.525 bits per heavy atom. The molecule has 0 saturated heterocycles. The first-order valence-corrected chi connectivity index (χ1v) is 20.1. The molecule has 0 saturated carbocycles. The van der Waals surface area contributed by atoms with Gasteiger partial charge < -0.3 is 0 Å². The van der Waals surface area contributed by atoms with Gasteiger partial charge in [0.15, 0.2) is 11.6 Å². The molecule has 0 aromatic rings. The van der Waals surface area contributed by atoms with Crippen molar-refractivity contribution in [3.05, 3.63) is 22.3 Å². The van der Waals surface area contributed by atoms with E-state index in [0.717, 1.165) is 49.7 Å². The lowest BCUT2D eigenvalue weighted by Crippen LogP contribution is -2.44. The lowest BCUT2D eigenvalue weighted by molar-refractivity contribution is -0.126. The number of rotatable bonds is 10. The van der Waals surface area contributed by atoms with Crippen molar-refractivity contribution >= 4 is 17.3 Å². The second kappa shape index (κ2) is 40.9. The topological polar surface area (TPSA) is 51.2 Å². The summed E-state index contributed by atoms with van der Waals surface area (Å²) in [5.74, 6) is 52.1. The van der Waals surface area contributed by atoms with E-state index in [1.165, 1.54) is 11.1 Å². The van der Waals surface area contributed by atoms with Gasteiger partial charge in [0.1, 0.15) is 5.78 Å². The molecule has 2 unspecified atom stereocenters. The van der Waals surface area contributed by atoms with Crippen LogP contribution in [0.4, 0.5) is 0 Å². The van der Waals surface area contributed by atoms with Crippen LogP contribution in [0, 0.1) is 161 Å². The zero-order valence-corrected chi connectivity index (χ0v) is 38.0. The van der Waals surface area contributed by atoms with Gasteiger partial charge in [-0.15, -0.1) is 19.3 Å². The minimum Gasteiger partial charge on any atom is -0.300 e. The third kappa shape index (κ3) is 26.7. The summed E-state index contributed by atoms with van der Waals surface area (Å²) < 4.78 is 0. The number of allylic oxidation sites excluding steroid dienone is 4. The second-order valence-corrected chi connectivity index (χ2v) is 12.2. The van der Waals surface area contributed by atoms with Crippen LogP contribution in [0.5, 0.6) is 0 Å². The molecule has 3 heteroatoms. The quantitative estimate of drug-likeness (QED) is 0.164. The molecule has 0 amide bonds. The number of hydrogen-bond donors (Lipinski definition) is 0. The fourth-order valence-corrected chi connectivity index (χ4v) is 6.13. The number of carbonyl (C=O) groups excluding carboxylic acids is 3. The molecule has 59 heavy (non-hydrogen) atoms. The molecule has 304 valence electrons. The fraction of sp³-hybridized carbons (Fsp3) is 0.446. The van der Waals surface area contributed by atoms with Crippen molar-refractivity contribution in [3.8, 4) is 144 Å². The summed E-state index contributed by atoms with van der Waals surface area (Å²) in [6, 6.07) is 0. The molecule has 0 aromatic carbocycles. The predicted octanol–water partition coefficient (Wildman–Crippen LogP) is 10.2. The van der Waals surface area contributed by atoms with Crippen molar-refractivity contribution in [2.75, 3.05) is 0 Å². The van der Waals surface area contributed by atoms with Gasteiger partial charge in [0.05, 0.1) is 0 Å². The predicted molar refractivity (Wildman–Crippen MR) is 250 cm³/mol. The number of terminal acetylenes is 3. The van der Waals surface area contributed by atoms with E-state index < -0.39 is 0 Å². The smallest absolute Gasteiger partial charge is 0.162 e. The average molecular weight is 783 g/mol. The van der Waals surface area contributed by atoms with Crippen LogP contribution in [0.3, 0.4) is 0 Å². The molecular weight excluding hydrogens is 721 g/mol. The molecular formula is C56H62O3. The van der Waals surface area contributed by atoms with E-state index in [1.807, 2.05) is 27.7 Å². The van der Waals surface area contributed by atoms with Crippen LogP contribution in [-0.4, -0.2) is 17.3 Å². The van der Waals surface area contributed by atoms with Gasteiger partial charge >= 0.3 is 0 Å². The van der Waals surface area contributed by atoms with Crippen molar-refractivity contribution in [1.82, 2.24) is 0 Å². The van der Waals surface area contributed by atoms with Crippen LogP contribution in [0.1, 0.15) is 148 Å². The third-order valence-corrected chi connectivity index (χ3v) is 9.57. The highest BCUT2D eigenvalue weighted by Crippen LogP contribution is 2.51. The minimum absolute atomic E-state index is 0.192. The van der Waals surface area contributed by atoms with Crippen LogP contribution in [0.25, 0.3) is 0 Å². The Labute approximate surface area is 361 Å². The standard InChI is InChI=1S/C16H28O.C15H4.C10H18O.C10H2.C5H10O/c1-7-13-11(5)16(9-3,10-4)12(6)15(17)14(13)8-2;1-3-5-7-9-11-13-15-14-12-10-8-6-4-2;1-5-9(6-2)8(4)10(11)7-3;1-3-5-7-9-10-8-6-4-2;1-3-5(6)4-2/h11-12H,7-10H2,1-6H3;1H,2H3;5-7H2,1-4H3;1-2H;3-4H2,1-2H3. The van der Waals surface area contributed by atoms with Crippen molar-refractivity contribution in [1.29, 1.82) is 0 Å². The van der Waals surface area contributed by atoms with Crippen molar-refractivity contribution in [2.45, 2.75) is 148 Å². The maximum atomic E-state index is 12.5. The van der Waals surface area contributed by atoms with Crippen LogP contribution in [-0.2, 0) is 14.4 Å². The molecule has 2 atom stereocenters. The molecule has 0 fully saturated rings. The summed E-state index contributed by atoms with van der Waals surface area (Å²) in [4.78, 5) is 33.9. The number of ketones is 3. The Morgan fingerprint density at radius 3 is 1.12 bits per heavy atom. The van der Waals surface area contributed by atoms with E-state index >= 15 is 0 Å². The van der Waals surface area contributed by atoms with Gasteiger partial charge in [-0.2, -0.15) is 0 Å². The highest BCUT2D eigenvalue weighted by molar-refractivity contribution is 5.99. The summed E-state index contributed by atoms with van der Waals surface area (Å²) in [6.07, 6.45) is 22.7. The summed E-state index contributed by atoms with van der Waals surface area (Å²) in [5, 5.41) is 0. The summed E-state index contributed by atoms with van der Waals surface area (Å²) in [6.45, 7) is 26.8. The van der Waals surface area contributed by atoms with Crippen LogP contribution < -0.4 is 0 Å². The van der Waals surface area contributed by atoms with E-state index in [9.17, 15) is 14.4 Å². The van der Waals surface area contributed by atoms with Crippen molar-refractivity contribution in [3.63, 3.8) is 0 Å². The van der Waals surface area contributed by atoms with E-state index in [1.54, 1.807) is 6.92 Å². The van der Waals surface area contributed by atoms with Gasteiger partial charge in [-0.3, -0.25) is 14.4 Å². The lowest BCUT2D eigenvalue weighted by Gasteiger charge is -2.47. The molecule has 3 nitrogen and oxygen atoms in total. The number of Topliss-reactive ketones (excluding diaryl/α,β-unsaturated/α-hetero) is 3. The number of carbonyl (C=O) groups is 3. The largest absolute Gasteiger partial charge is 0.300 e. The first-order valence-electron chi connectivity index (χ1n) is 20.1. The molecule has 0 aliphatic heterocycles. The number of hydrogen-bond acceptors (Lipinski definition) is 3. The molecule has 0 aromatic heterocycles. The Balaban J connectivity index is -0.000000333. The summed E-state index contributed by atoms with van der Waals surface area (Å²) in [5.41, 5.74) is 5.04. The first kappa shape index (κ1) is 58.9. The monoisotopic (exact) mass is 782 g/mol. The Morgan fingerprint density at radius 2 is 0.881 bits per heavy atom. The molecule has 0 bridgehead atoms. The van der Waals surface area contributed by atoms with E-state index in [-0.39, 0.29) is 11.3 Å². The highest BCUT2D eigenvalue weighted by Gasteiger charge is 2.47. The molecule has 0 heterocycles. The Hall–Kier alpha value is -6.79. The molecule has 1 aliphatic carbocycles. The zero-order chi connectivity index (χ0) is 45.9. The molecule has 0 N–H and O–H groups in total. The lowest BCUT2D eigenvalue weighted by atomic mass is 9.56. The fourth-order valence-electron chi connectivity index (χ4n) is 6.13. The van der Waals surface area contributed by atoms with Crippen LogP contribution >= 0.6 is 0 Å². The van der Waals surface area contributed by atoms with Gasteiger partial charge in [0.2, 0.25) is 0 Å². The SMILES string of the molecule is C#CC#CC#CC#CC#C.C#CC#CC#CC#CC#CC#CC#CC.CCC(=O)C(C)=C(CC)CC.CCC(=O)CC.CCC1=C(CC)C(C)C(CC)(CC)C(C)C1=O. The van der Waals surface area contributed by atoms with Gasteiger partial charge in [0, 0.05) is 25.2 Å². The van der Waals surface area contributed by atoms with Crippen molar-refractivity contribution in [2.24, 2.45) is 17.3 Å². The third-order valence-electron chi connectivity index (χ3n) is 9.57. The summed E-state index contributed by atoms with van der Waals surface area (Å²) >= 11 is 0. The first-order chi connectivity index (χ1) is 28.3. The Bertz CT molecular complexity index is 2120. The van der Waals surface area contributed by atoms with Gasteiger partial charge in [-0.1, -0.05) is 93.2 Å². The molecule has 0 radical (unpaired) electrons. The summed E-state index contributed by atoms with van der Waals surface area (Å²) in [7, 11) is 0. The molecule has 0 spiro atoms. The van der Waals surface area contributed by atoms with Gasteiger partial charge in [0.25, 0.3) is 0 Å². The second-order valence-electron chi connectivity index (χ2n) is 12.2. The average Bonchev–Trinajstić information content (AvgIpc) is 3.26. The maximum absolute atomic E-state index is 12.5. The van der Waals surface area contributed by atoms with E-state index in [2.05, 4.69) is 180 Å². The molecule has 1 aliphatic rings. The van der Waals surface area contributed by atoms with Crippen LogP contribution in [0.2, 0.25) is 0 Å². The van der Waals surface area contributed by atoms with E-state index in [0.29, 0.717) is 42.5 Å². The van der Waals surface area contributed by atoms with Crippen molar-refractivity contribution < 1.29 is 14.4 Å². The highest BCUT2D eigenvalue weighted by atomic mass is 16.1. The zero-order valence-electron chi connectivity index (χ0n) is 38.0. The normalized spacial score (nSPS) is 12.4. The molecule has 1 rings (SSSR count). The maximum Gasteiger partial charge on any atom is 0.162 e. The Kier molecular flexibility index (Phi) is 40.8. The van der Waals surface area contributed by atoms with Gasteiger partial charge in [-0.05, 0) is 193 Å². The van der Waals surface area contributed by atoms with Gasteiger partial charge in [-0.25, -0.2) is 0 Å². The van der Waals surface area contributed by atoms with E-state index in [4.69, 9.17) is 19.3 Å². The minimum atomic E-state index is 0.192. The van der Waals surface area contributed by atoms with Crippen LogP contribution in [0.15, 0.2) is 22.3 Å².